The van der Waals surface area contributed by atoms with Crippen LogP contribution in [-0.2, 0) is 0 Å². The molecular formula is C14H13F2N3O2. The monoisotopic (exact) mass is 293 g/mol. The van der Waals surface area contributed by atoms with Crippen LogP contribution in [0.4, 0.5) is 14.5 Å². The van der Waals surface area contributed by atoms with Crippen molar-refractivity contribution in [2.75, 3.05) is 25.1 Å². The molecular weight excluding hydrogens is 280 g/mol. The predicted molar refractivity (Wildman–Crippen MR) is 73.4 cm³/mol. The largest absolute Gasteiger partial charge is 0.435 e. The Balaban J connectivity index is 2.62. The van der Waals surface area contributed by atoms with Gasteiger partial charge < -0.3 is 14.7 Å². The number of anilines is 1. The molecule has 21 heavy (non-hydrogen) atoms. The number of pyridine rings is 1. The van der Waals surface area contributed by atoms with E-state index in [1.54, 1.807) is 18.0 Å². The minimum Gasteiger partial charge on any atom is -0.435 e. The molecule has 0 unspecified atom stereocenters. The van der Waals surface area contributed by atoms with E-state index in [-0.39, 0.29) is 12.4 Å². The molecule has 5 nitrogen and oxygen atoms in total. The quantitative estimate of drug-likeness (QED) is 0.914. The first-order valence-electron chi connectivity index (χ1n) is 6.16. The lowest BCUT2D eigenvalue weighted by Gasteiger charge is -2.21. The Morgan fingerprint density at radius 1 is 1.48 bits per heavy atom. The summed E-state index contributed by atoms with van der Waals surface area (Å²) in [6.45, 7) is -2.72. The van der Waals surface area contributed by atoms with Crippen LogP contribution < -0.4 is 9.64 Å². The number of aliphatic hydroxyl groups excluding tert-OH is 1. The number of halogens is 2. The van der Waals surface area contributed by atoms with Gasteiger partial charge in [0.25, 0.3) is 0 Å². The molecule has 1 heterocycles. The fourth-order valence-corrected chi connectivity index (χ4v) is 2.09. The molecule has 0 amide bonds. The van der Waals surface area contributed by atoms with Gasteiger partial charge in [0.2, 0.25) is 0 Å². The van der Waals surface area contributed by atoms with Crippen molar-refractivity contribution in [2.24, 2.45) is 0 Å². The number of rotatable bonds is 5. The number of fused-ring (bicyclic) bond motifs is 1. The van der Waals surface area contributed by atoms with Gasteiger partial charge in [0.15, 0.2) is 0 Å². The molecule has 0 aliphatic carbocycles. The van der Waals surface area contributed by atoms with Crippen LogP contribution in [0.3, 0.4) is 0 Å². The Hall–Kier alpha value is -2.46. The van der Waals surface area contributed by atoms with Crippen LogP contribution in [-0.4, -0.2) is 36.9 Å². The fraction of sp³-hybridized carbons (Fsp3) is 0.286. The molecule has 7 heteroatoms. The minimum atomic E-state index is -2.92. The number of aliphatic hydroxyl groups is 1. The van der Waals surface area contributed by atoms with Gasteiger partial charge in [-0.2, -0.15) is 14.0 Å². The van der Waals surface area contributed by atoms with Crippen molar-refractivity contribution in [3.63, 3.8) is 0 Å². The number of nitriles is 1. The number of hydrogen-bond acceptors (Lipinski definition) is 5. The van der Waals surface area contributed by atoms with Crippen LogP contribution in [0.25, 0.3) is 10.9 Å². The van der Waals surface area contributed by atoms with Crippen molar-refractivity contribution in [1.82, 2.24) is 4.98 Å². The van der Waals surface area contributed by atoms with Crippen LogP contribution >= 0.6 is 0 Å². The van der Waals surface area contributed by atoms with Crippen LogP contribution in [0.15, 0.2) is 24.4 Å². The fourth-order valence-electron chi connectivity index (χ4n) is 2.09. The molecule has 1 aromatic heterocycles. The van der Waals surface area contributed by atoms with Crippen molar-refractivity contribution in [1.29, 1.82) is 5.26 Å². The van der Waals surface area contributed by atoms with Crippen molar-refractivity contribution in [3.8, 4) is 11.8 Å². The van der Waals surface area contributed by atoms with Crippen molar-refractivity contribution in [2.45, 2.75) is 6.61 Å². The van der Waals surface area contributed by atoms with Gasteiger partial charge in [-0.3, -0.25) is 4.98 Å². The number of alkyl halides is 2. The van der Waals surface area contributed by atoms with Gasteiger partial charge in [0, 0.05) is 25.2 Å². The van der Waals surface area contributed by atoms with Crippen LogP contribution in [0, 0.1) is 11.3 Å². The lowest BCUT2D eigenvalue weighted by Crippen LogP contribution is -2.22. The Morgan fingerprint density at radius 2 is 2.24 bits per heavy atom. The zero-order chi connectivity index (χ0) is 15.4. The van der Waals surface area contributed by atoms with Crippen molar-refractivity contribution >= 4 is 16.6 Å². The van der Waals surface area contributed by atoms with E-state index in [0.717, 1.165) is 0 Å². The average molecular weight is 293 g/mol. The zero-order valence-corrected chi connectivity index (χ0v) is 11.3. The highest BCUT2D eigenvalue weighted by Gasteiger charge is 2.14. The molecule has 1 N–H and O–H groups in total. The number of hydrogen-bond donors (Lipinski definition) is 1. The second kappa shape index (κ2) is 6.33. The van der Waals surface area contributed by atoms with Gasteiger partial charge in [-0.25, -0.2) is 0 Å². The van der Waals surface area contributed by atoms with Gasteiger partial charge in [0.05, 0.1) is 23.4 Å². The molecule has 110 valence electrons. The summed E-state index contributed by atoms with van der Waals surface area (Å²) in [6, 6.07) is 6.37. The number of benzene rings is 1. The van der Waals surface area contributed by atoms with Crippen LogP contribution in [0.5, 0.6) is 5.75 Å². The Kier molecular flexibility index (Phi) is 4.50. The summed E-state index contributed by atoms with van der Waals surface area (Å²) in [6.07, 6.45) is 1.42. The lowest BCUT2D eigenvalue weighted by molar-refractivity contribution is -0.0497. The summed E-state index contributed by atoms with van der Waals surface area (Å²) >= 11 is 0. The summed E-state index contributed by atoms with van der Waals surface area (Å²) in [4.78, 5) is 5.80. The molecule has 0 saturated carbocycles. The first-order chi connectivity index (χ1) is 10.1. The topological polar surface area (TPSA) is 69.4 Å². The molecule has 0 fully saturated rings. The summed E-state index contributed by atoms with van der Waals surface area (Å²) in [5, 5.41) is 18.7. The molecule has 1 aromatic carbocycles. The van der Waals surface area contributed by atoms with Gasteiger partial charge >= 0.3 is 6.61 Å². The van der Waals surface area contributed by atoms with E-state index in [0.29, 0.717) is 28.7 Å². The Labute approximate surface area is 120 Å². The molecule has 0 radical (unpaired) electrons. The molecule has 0 atom stereocenters. The lowest BCUT2D eigenvalue weighted by atomic mass is 10.1. The van der Waals surface area contributed by atoms with Crippen molar-refractivity contribution in [3.05, 3.63) is 30.0 Å². The summed E-state index contributed by atoms with van der Waals surface area (Å²) in [5.74, 6) is -0.00645. The highest BCUT2D eigenvalue weighted by Crippen LogP contribution is 2.31. The predicted octanol–water partition coefficient (Wildman–Crippen LogP) is 2.14. The SMILES string of the molecule is CN(CCO)c1c(C#N)cnc2ccc(OC(F)F)cc12. The highest BCUT2D eigenvalue weighted by molar-refractivity contribution is 5.95. The molecule has 0 spiro atoms. The first kappa shape index (κ1) is 14.9. The van der Waals surface area contributed by atoms with E-state index >= 15 is 0 Å². The summed E-state index contributed by atoms with van der Waals surface area (Å²) in [5.41, 5.74) is 1.37. The third-order valence-electron chi connectivity index (χ3n) is 2.97. The van der Waals surface area contributed by atoms with E-state index in [1.165, 1.54) is 18.3 Å². The molecule has 0 aliphatic rings. The molecule has 0 aliphatic heterocycles. The third kappa shape index (κ3) is 3.17. The number of ether oxygens (including phenoxy) is 1. The Bertz CT molecular complexity index is 686. The second-order valence-electron chi connectivity index (χ2n) is 4.33. The summed E-state index contributed by atoms with van der Waals surface area (Å²) < 4.78 is 29.0. The minimum absolute atomic E-state index is 0.00645. The first-order valence-corrected chi connectivity index (χ1v) is 6.16. The van der Waals surface area contributed by atoms with Gasteiger partial charge in [-0.05, 0) is 18.2 Å². The zero-order valence-electron chi connectivity index (χ0n) is 11.3. The normalized spacial score (nSPS) is 10.7. The third-order valence-corrected chi connectivity index (χ3v) is 2.97. The summed E-state index contributed by atoms with van der Waals surface area (Å²) in [7, 11) is 1.70. The van der Waals surface area contributed by atoms with Crippen LogP contribution in [0.1, 0.15) is 5.56 Å². The molecule has 2 aromatic rings. The number of aromatic nitrogens is 1. The van der Waals surface area contributed by atoms with E-state index in [4.69, 9.17) is 5.11 Å². The molecule has 0 bridgehead atoms. The molecule has 0 saturated heterocycles. The van der Waals surface area contributed by atoms with E-state index in [9.17, 15) is 14.0 Å². The van der Waals surface area contributed by atoms with Gasteiger partial charge in [-0.15, -0.1) is 0 Å². The second-order valence-corrected chi connectivity index (χ2v) is 4.33. The van der Waals surface area contributed by atoms with Crippen molar-refractivity contribution < 1.29 is 18.6 Å². The van der Waals surface area contributed by atoms with E-state index in [2.05, 4.69) is 9.72 Å². The maximum absolute atomic E-state index is 12.3. The van der Waals surface area contributed by atoms with E-state index in [1.807, 2.05) is 6.07 Å². The molecule has 2 rings (SSSR count). The maximum atomic E-state index is 12.3. The maximum Gasteiger partial charge on any atom is 0.387 e. The smallest absolute Gasteiger partial charge is 0.387 e. The van der Waals surface area contributed by atoms with Gasteiger partial charge in [0.1, 0.15) is 11.8 Å². The highest BCUT2D eigenvalue weighted by atomic mass is 19.3. The number of likely N-dealkylation sites (N-methyl/N-ethyl adjacent to an activating group) is 1. The average Bonchev–Trinajstić information content (AvgIpc) is 2.45. The Morgan fingerprint density at radius 3 is 2.86 bits per heavy atom. The van der Waals surface area contributed by atoms with Crippen LogP contribution in [0.2, 0.25) is 0 Å². The standard InChI is InChI=1S/C14H13F2N3O2/c1-19(4-5-20)13-9(7-17)8-18-12-3-2-10(6-11(12)13)21-14(15)16/h2-3,6,8,14,20H,4-5H2,1H3. The van der Waals surface area contributed by atoms with Gasteiger partial charge in [-0.1, -0.05) is 0 Å². The van der Waals surface area contributed by atoms with E-state index < -0.39 is 6.61 Å². The number of nitrogens with zero attached hydrogens (tertiary/aromatic N) is 3.